The van der Waals surface area contributed by atoms with Crippen LogP contribution in [-0.2, 0) is 12.8 Å². The fraction of sp³-hybridized carbons (Fsp3) is 0.300. The molecule has 0 amide bonds. The fourth-order valence-electron chi connectivity index (χ4n) is 2.37. The highest BCUT2D eigenvalue weighted by Gasteiger charge is 2.07. The molecule has 2 N–H and O–H groups in total. The van der Waals surface area contributed by atoms with Crippen molar-refractivity contribution in [2.45, 2.75) is 18.9 Å². The SMILES string of the molecule is C=CCc1ccccc1OCC(O)CNCCc1ccc(F)cc1. The van der Waals surface area contributed by atoms with Gasteiger partial charge in [0.15, 0.2) is 0 Å². The molecule has 2 rings (SSSR count). The van der Waals surface area contributed by atoms with Crippen LogP contribution in [0.25, 0.3) is 0 Å². The smallest absolute Gasteiger partial charge is 0.123 e. The van der Waals surface area contributed by atoms with Crippen molar-refractivity contribution in [3.63, 3.8) is 0 Å². The number of nitrogens with one attached hydrogen (secondary N) is 1. The van der Waals surface area contributed by atoms with E-state index >= 15 is 0 Å². The van der Waals surface area contributed by atoms with Gasteiger partial charge in [0.1, 0.15) is 24.3 Å². The Morgan fingerprint density at radius 2 is 1.92 bits per heavy atom. The van der Waals surface area contributed by atoms with Crippen molar-refractivity contribution in [3.8, 4) is 5.75 Å². The Hall–Kier alpha value is -2.17. The number of allylic oxidation sites excluding steroid dienone is 1. The van der Waals surface area contributed by atoms with Crippen LogP contribution >= 0.6 is 0 Å². The highest BCUT2D eigenvalue weighted by atomic mass is 19.1. The first kappa shape index (κ1) is 18.2. The molecule has 24 heavy (non-hydrogen) atoms. The molecule has 2 aromatic rings. The maximum absolute atomic E-state index is 12.8. The Kier molecular flexibility index (Phi) is 7.46. The Morgan fingerprint density at radius 1 is 1.17 bits per heavy atom. The second-order valence-corrected chi connectivity index (χ2v) is 5.65. The highest BCUT2D eigenvalue weighted by molar-refractivity contribution is 5.34. The third-order valence-corrected chi connectivity index (χ3v) is 3.65. The number of hydrogen-bond acceptors (Lipinski definition) is 3. The van der Waals surface area contributed by atoms with Crippen LogP contribution in [0.2, 0.25) is 0 Å². The molecule has 0 bridgehead atoms. The van der Waals surface area contributed by atoms with Crippen LogP contribution in [-0.4, -0.2) is 30.9 Å². The zero-order valence-electron chi connectivity index (χ0n) is 13.7. The van der Waals surface area contributed by atoms with Crippen molar-refractivity contribution in [2.24, 2.45) is 0 Å². The molecular formula is C20H24FNO2. The summed E-state index contributed by atoms with van der Waals surface area (Å²) in [5.74, 6) is 0.554. The molecule has 3 nitrogen and oxygen atoms in total. The highest BCUT2D eigenvalue weighted by Crippen LogP contribution is 2.18. The van der Waals surface area contributed by atoms with Gasteiger partial charge in [0.2, 0.25) is 0 Å². The molecule has 0 heterocycles. The van der Waals surface area contributed by atoms with Crippen molar-refractivity contribution < 1.29 is 14.2 Å². The summed E-state index contributed by atoms with van der Waals surface area (Å²) >= 11 is 0. The van der Waals surface area contributed by atoms with Gasteiger partial charge in [-0.25, -0.2) is 4.39 Å². The second kappa shape index (κ2) is 9.85. The van der Waals surface area contributed by atoms with Crippen LogP contribution in [0.1, 0.15) is 11.1 Å². The van der Waals surface area contributed by atoms with Crippen LogP contribution in [0.5, 0.6) is 5.75 Å². The topological polar surface area (TPSA) is 41.5 Å². The summed E-state index contributed by atoms with van der Waals surface area (Å²) in [6.45, 7) is 5.14. The van der Waals surface area contributed by atoms with E-state index in [0.29, 0.717) is 6.54 Å². The van der Waals surface area contributed by atoms with Gasteiger partial charge >= 0.3 is 0 Å². The summed E-state index contributed by atoms with van der Waals surface area (Å²) in [5.41, 5.74) is 2.12. The summed E-state index contributed by atoms with van der Waals surface area (Å²) in [7, 11) is 0. The summed E-state index contributed by atoms with van der Waals surface area (Å²) < 4.78 is 18.5. The minimum absolute atomic E-state index is 0.226. The van der Waals surface area contributed by atoms with Gasteiger partial charge in [-0.3, -0.25) is 0 Å². The fourth-order valence-corrected chi connectivity index (χ4v) is 2.37. The van der Waals surface area contributed by atoms with E-state index < -0.39 is 6.10 Å². The van der Waals surface area contributed by atoms with E-state index in [2.05, 4.69) is 11.9 Å². The second-order valence-electron chi connectivity index (χ2n) is 5.65. The summed E-state index contributed by atoms with van der Waals surface area (Å²) in [6, 6.07) is 14.2. The van der Waals surface area contributed by atoms with Crippen molar-refractivity contribution in [3.05, 3.63) is 78.1 Å². The van der Waals surface area contributed by atoms with Gasteiger partial charge < -0.3 is 15.2 Å². The number of aliphatic hydroxyl groups excluding tert-OH is 1. The Labute approximate surface area is 142 Å². The number of para-hydroxylation sites is 1. The molecule has 0 spiro atoms. The molecule has 0 aliphatic heterocycles. The number of hydrogen-bond donors (Lipinski definition) is 2. The standard InChI is InChI=1S/C20H24FNO2/c1-2-5-17-6-3-4-7-20(17)24-15-19(23)14-22-13-12-16-8-10-18(21)11-9-16/h2-4,6-11,19,22-23H,1,5,12-15H2. The predicted octanol–water partition coefficient (Wildman–Crippen LogP) is 3.13. The molecule has 128 valence electrons. The van der Waals surface area contributed by atoms with Gasteiger partial charge in [0, 0.05) is 6.54 Å². The van der Waals surface area contributed by atoms with Crippen molar-refractivity contribution >= 4 is 0 Å². The Morgan fingerprint density at radius 3 is 2.67 bits per heavy atom. The van der Waals surface area contributed by atoms with E-state index in [4.69, 9.17) is 4.74 Å². The van der Waals surface area contributed by atoms with Crippen LogP contribution in [0.4, 0.5) is 4.39 Å². The van der Waals surface area contributed by atoms with Gasteiger partial charge in [-0.05, 0) is 48.7 Å². The zero-order chi connectivity index (χ0) is 17.2. The Bertz CT molecular complexity index is 628. The third kappa shape index (κ3) is 6.14. The number of aliphatic hydroxyl groups is 1. The molecule has 0 radical (unpaired) electrons. The van der Waals surface area contributed by atoms with Crippen molar-refractivity contribution in [2.75, 3.05) is 19.7 Å². The molecule has 0 saturated carbocycles. The lowest BCUT2D eigenvalue weighted by Gasteiger charge is -2.15. The van der Waals surface area contributed by atoms with Gasteiger partial charge in [-0.15, -0.1) is 6.58 Å². The molecule has 0 fully saturated rings. The van der Waals surface area contributed by atoms with E-state index in [0.717, 1.165) is 36.3 Å². The number of benzene rings is 2. The van der Waals surface area contributed by atoms with E-state index in [1.54, 1.807) is 12.1 Å². The quantitative estimate of drug-likeness (QED) is 0.520. The van der Waals surface area contributed by atoms with Crippen molar-refractivity contribution in [1.82, 2.24) is 5.32 Å². The lowest BCUT2D eigenvalue weighted by atomic mass is 10.1. The van der Waals surface area contributed by atoms with E-state index in [9.17, 15) is 9.50 Å². The molecule has 0 aromatic heterocycles. The van der Waals surface area contributed by atoms with Crippen LogP contribution in [0, 0.1) is 5.82 Å². The third-order valence-electron chi connectivity index (χ3n) is 3.65. The Balaban J connectivity index is 1.67. The first-order valence-corrected chi connectivity index (χ1v) is 8.14. The molecule has 1 atom stereocenters. The molecule has 0 aliphatic rings. The average molecular weight is 329 g/mol. The van der Waals surface area contributed by atoms with Crippen molar-refractivity contribution in [1.29, 1.82) is 0 Å². The molecule has 4 heteroatoms. The van der Waals surface area contributed by atoms with Gasteiger partial charge in [0.25, 0.3) is 0 Å². The lowest BCUT2D eigenvalue weighted by Crippen LogP contribution is -2.32. The van der Waals surface area contributed by atoms with Crippen LogP contribution in [0.15, 0.2) is 61.2 Å². The van der Waals surface area contributed by atoms with Crippen LogP contribution in [0.3, 0.4) is 0 Å². The molecule has 2 aromatic carbocycles. The summed E-state index contributed by atoms with van der Waals surface area (Å²) in [4.78, 5) is 0. The van der Waals surface area contributed by atoms with Gasteiger partial charge in [-0.1, -0.05) is 36.4 Å². The predicted molar refractivity (Wildman–Crippen MR) is 94.8 cm³/mol. The molecule has 1 unspecified atom stereocenters. The zero-order valence-corrected chi connectivity index (χ0v) is 13.7. The normalized spacial score (nSPS) is 11.9. The first-order chi connectivity index (χ1) is 11.7. The lowest BCUT2D eigenvalue weighted by molar-refractivity contribution is 0.106. The number of halogens is 1. The first-order valence-electron chi connectivity index (χ1n) is 8.14. The van der Waals surface area contributed by atoms with E-state index in [1.807, 2.05) is 30.3 Å². The minimum atomic E-state index is -0.588. The average Bonchev–Trinajstić information content (AvgIpc) is 2.60. The van der Waals surface area contributed by atoms with Gasteiger partial charge in [-0.2, -0.15) is 0 Å². The monoisotopic (exact) mass is 329 g/mol. The summed E-state index contributed by atoms with van der Waals surface area (Å²) in [5, 5.41) is 13.2. The molecule has 0 aliphatic carbocycles. The number of ether oxygens (including phenoxy) is 1. The molecular weight excluding hydrogens is 305 g/mol. The van der Waals surface area contributed by atoms with E-state index in [-0.39, 0.29) is 12.4 Å². The maximum atomic E-state index is 12.8. The van der Waals surface area contributed by atoms with Gasteiger partial charge in [0.05, 0.1) is 0 Å². The molecule has 0 saturated heterocycles. The largest absolute Gasteiger partial charge is 0.491 e. The van der Waals surface area contributed by atoms with E-state index in [1.165, 1.54) is 12.1 Å². The number of rotatable bonds is 10. The summed E-state index contributed by atoms with van der Waals surface area (Å²) in [6.07, 6.45) is 2.77. The maximum Gasteiger partial charge on any atom is 0.123 e. The van der Waals surface area contributed by atoms with Crippen LogP contribution < -0.4 is 10.1 Å². The minimum Gasteiger partial charge on any atom is -0.491 e.